The Morgan fingerprint density at radius 2 is 1.72 bits per heavy atom. The monoisotopic (exact) mass is 344 g/mol. The number of nitrogens with zero attached hydrogens (tertiary/aromatic N) is 2. The Kier molecular flexibility index (Phi) is 4.74. The molecule has 132 valence electrons. The van der Waals surface area contributed by atoms with Crippen molar-refractivity contribution >= 4 is 23.8 Å². The lowest BCUT2D eigenvalue weighted by Crippen LogP contribution is -2.61. The average Bonchev–Trinajstić information content (AvgIpc) is 2.90. The lowest BCUT2D eigenvalue weighted by atomic mass is 10.1. The van der Waals surface area contributed by atoms with Crippen LogP contribution in [0.2, 0.25) is 0 Å². The molecule has 0 unspecified atom stereocenters. The standard InChI is InChI=1S/C18H20N2O5/c1-24-14-5-3-12(9-15(14)25-2)4-6-16(21)19-10-13(11-19)20-17(22)7-8-18(20)23/h3-6,9,13H,7-8,10-11H2,1-2H3/b6-4+. The van der Waals surface area contributed by atoms with E-state index in [0.717, 1.165) is 5.56 Å². The molecule has 3 amide bonds. The Morgan fingerprint density at radius 1 is 1.08 bits per heavy atom. The molecule has 2 aliphatic rings. The van der Waals surface area contributed by atoms with Crippen LogP contribution in [-0.2, 0) is 14.4 Å². The Balaban J connectivity index is 1.58. The summed E-state index contributed by atoms with van der Waals surface area (Å²) >= 11 is 0. The lowest BCUT2D eigenvalue weighted by molar-refractivity contribution is -0.149. The molecule has 0 radical (unpaired) electrons. The van der Waals surface area contributed by atoms with E-state index < -0.39 is 0 Å². The van der Waals surface area contributed by atoms with Crippen molar-refractivity contribution in [2.75, 3.05) is 27.3 Å². The summed E-state index contributed by atoms with van der Waals surface area (Å²) in [5.41, 5.74) is 0.813. The highest BCUT2D eigenvalue weighted by atomic mass is 16.5. The van der Waals surface area contributed by atoms with Gasteiger partial charge in [-0.3, -0.25) is 19.3 Å². The maximum atomic E-state index is 12.2. The van der Waals surface area contributed by atoms with Crippen molar-refractivity contribution in [2.24, 2.45) is 0 Å². The maximum absolute atomic E-state index is 12.2. The molecule has 2 fully saturated rings. The first-order valence-electron chi connectivity index (χ1n) is 8.07. The molecule has 0 N–H and O–H groups in total. The van der Waals surface area contributed by atoms with Gasteiger partial charge in [0.05, 0.1) is 20.3 Å². The fourth-order valence-electron chi connectivity index (χ4n) is 3.03. The number of hydrogen-bond acceptors (Lipinski definition) is 5. The van der Waals surface area contributed by atoms with Gasteiger partial charge in [0.25, 0.3) is 0 Å². The molecule has 2 aliphatic heterocycles. The van der Waals surface area contributed by atoms with Gasteiger partial charge in [-0.1, -0.05) is 6.07 Å². The number of amides is 3. The molecule has 1 aromatic carbocycles. The molecule has 0 spiro atoms. The van der Waals surface area contributed by atoms with Crippen molar-refractivity contribution in [1.82, 2.24) is 9.80 Å². The quantitative estimate of drug-likeness (QED) is 0.590. The molecule has 2 heterocycles. The smallest absolute Gasteiger partial charge is 0.246 e. The van der Waals surface area contributed by atoms with Crippen LogP contribution in [0.1, 0.15) is 18.4 Å². The van der Waals surface area contributed by atoms with E-state index in [1.807, 2.05) is 6.07 Å². The van der Waals surface area contributed by atoms with Gasteiger partial charge in [0.15, 0.2) is 11.5 Å². The number of rotatable bonds is 5. The minimum Gasteiger partial charge on any atom is -0.493 e. The van der Waals surface area contributed by atoms with Gasteiger partial charge < -0.3 is 14.4 Å². The molecule has 7 heteroatoms. The number of carbonyl (C=O) groups excluding carboxylic acids is 3. The minimum atomic E-state index is -0.180. The molecular weight excluding hydrogens is 324 g/mol. The topological polar surface area (TPSA) is 76.2 Å². The van der Waals surface area contributed by atoms with Crippen LogP contribution in [0.15, 0.2) is 24.3 Å². The fourth-order valence-corrected chi connectivity index (χ4v) is 3.03. The SMILES string of the molecule is COc1ccc(/C=C/C(=O)N2CC(N3C(=O)CCC3=O)C2)cc1OC. The number of methoxy groups -OCH3 is 2. The van der Waals surface area contributed by atoms with E-state index in [2.05, 4.69) is 0 Å². The van der Waals surface area contributed by atoms with Gasteiger partial charge in [0.2, 0.25) is 17.7 Å². The number of benzene rings is 1. The minimum absolute atomic E-state index is 0.136. The van der Waals surface area contributed by atoms with Crippen molar-refractivity contribution in [3.63, 3.8) is 0 Å². The van der Waals surface area contributed by atoms with Crippen molar-refractivity contribution < 1.29 is 23.9 Å². The third-order valence-corrected chi connectivity index (χ3v) is 4.46. The first kappa shape index (κ1) is 17.0. The number of hydrogen-bond donors (Lipinski definition) is 0. The Labute approximate surface area is 145 Å². The van der Waals surface area contributed by atoms with Crippen molar-refractivity contribution in [1.29, 1.82) is 0 Å². The zero-order valence-corrected chi connectivity index (χ0v) is 14.2. The van der Waals surface area contributed by atoms with Crippen LogP contribution >= 0.6 is 0 Å². The molecule has 0 aromatic heterocycles. The van der Waals surface area contributed by atoms with Crippen molar-refractivity contribution in [3.8, 4) is 11.5 Å². The summed E-state index contributed by atoms with van der Waals surface area (Å²) in [7, 11) is 3.12. The average molecular weight is 344 g/mol. The highest BCUT2D eigenvalue weighted by Crippen LogP contribution is 2.28. The third-order valence-electron chi connectivity index (χ3n) is 4.46. The van der Waals surface area contributed by atoms with E-state index >= 15 is 0 Å². The van der Waals surface area contributed by atoms with E-state index in [4.69, 9.17) is 9.47 Å². The summed E-state index contributed by atoms with van der Waals surface area (Å²) in [6, 6.07) is 5.20. The second kappa shape index (κ2) is 6.96. The summed E-state index contributed by atoms with van der Waals surface area (Å²) in [6.45, 7) is 0.791. The highest BCUT2D eigenvalue weighted by molar-refractivity contribution is 6.02. The Hall–Kier alpha value is -2.83. The predicted octanol–water partition coefficient (Wildman–Crippen LogP) is 1.08. The van der Waals surface area contributed by atoms with Gasteiger partial charge in [0.1, 0.15) is 0 Å². The van der Waals surface area contributed by atoms with E-state index in [0.29, 0.717) is 24.6 Å². The van der Waals surface area contributed by atoms with Crippen LogP contribution in [0, 0.1) is 0 Å². The van der Waals surface area contributed by atoms with E-state index in [-0.39, 0.29) is 36.6 Å². The molecule has 0 bridgehead atoms. The zero-order valence-electron chi connectivity index (χ0n) is 14.2. The lowest BCUT2D eigenvalue weighted by Gasteiger charge is -2.42. The Bertz CT molecular complexity index is 721. The molecule has 25 heavy (non-hydrogen) atoms. The molecule has 2 saturated heterocycles. The van der Waals surface area contributed by atoms with Crippen LogP contribution in [0.4, 0.5) is 0 Å². The van der Waals surface area contributed by atoms with Crippen LogP contribution in [0.25, 0.3) is 6.08 Å². The van der Waals surface area contributed by atoms with Gasteiger partial charge in [-0.25, -0.2) is 0 Å². The predicted molar refractivity (Wildman–Crippen MR) is 90.0 cm³/mol. The van der Waals surface area contributed by atoms with E-state index in [1.54, 1.807) is 37.3 Å². The zero-order chi connectivity index (χ0) is 18.0. The molecule has 7 nitrogen and oxygen atoms in total. The van der Waals surface area contributed by atoms with E-state index in [9.17, 15) is 14.4 Å². The number of likely N-dealkylation sites (tertiary alicyclic amines) is 2. The summed E-state index contributed by atoms with van der Waals surface area (Å²) in [4.78, 5) is 38.5. The summed E-state index contributed by atoms with van der Waals surface area (Å²) in [5, 5.41) is 0. The summed E-state index contributed by atoms with van der Waals surface area (Å²) in [5.74, 6) is 0.791. The van der Waals surface area contributed by atoms with Crippen LogP contribution in [0.5, 0.6) is 11.5 Å². The first-order chi connectivity index (χ1) is 12.0. The second-order valence-corrected chi connectivity index (χ2v) is 6.00. The van der Waals surface area contributed by atoms with Crippen molar-refractivity contribution in [2.45, 2.75) is 18.9 Å². The molecule has 0 saturated carbocycles. The summed E-state index contributed by atoms with van der Waals surface area (Å²) in [6.07, 6.45) is 3.74. The van der Waals surface area contributed by atoms with Gasteiger partial charge in [-0.15, -0.1) is 0 Å². The molecule has 0 aliphatic carbocycles. The molecular formula is C18H20N2O5. The normalized spacial score (nSPS) is 18.0. The van der Waals surface area contributed by atoms with Crippen LogP contribution in [-0.4, -0.2) is 60.9 Å². The van der Waals surface area contributed by atoms with Crippen LogP contribution in [0.3, 0.4) is 0 Å². The number of ether oxygens (including phenoxy) is 2. The van der Waals surface area contributed by atoms with Gasteiger partial charge in [-0.05, 0) is 23.8 Å². The highest BCUT2D eigenvalue weighted by Gasteiger charge is 2.42. The number of imide groups is 1. The fraction of sp³-hybridized carbons (Fsp3) is 0.389. The third kappa shape index (κ3) is 3.35. The van der Waals surface area contributed by atoms with Crippen LogP contribution < -0.4 is 9.47 Å². The first-order valence-corrected chi connectivity index (χ1v) is 8.07. The van der Waals surface area contributed by atoms with Crippen molar-refractivity contribution in [3.05, 3.63) is 29.8 Å². The molecule has 1 aromatic rings. The molecule has 3 rings (SSSR count). The van der Waals surface area contributed by atoms with Gasteiger partial charge >= 0.3 is 0 Å². The maximum Gasteiger partial charge on any atom is 0.246 e. The van der Waals surface area contributed by atoms with Gasteiger partial charge in [0, 0.05) is 32.0 Å². The molecule has 0 atom stereocenters. The number of carbonyl (C=O) groups is 3. The largest absolute Gasteiger partial charge is 0.493 e. The summed E-state index contributed by atoms with van der Waals surface area (Å²) < 4.78 is 10.4. The second-order valence-electron chi connectivity index (χ2n) is 6.00. The van der Waals surface area contributed by atoms with E-state index in [1.165, 1.54) is 11.0 Å². The van der Waals surface area contributed by atoms with Gasteiger partial charge in [-0.2, -0.15) is 0 Å². The Morgan fingerprint density at radius 3 is 2.32 bits per heavy atom.